The van der Waals surface area contributed by atoms with Crippen molar-refractivity contribution in [3.05, 3.63) is 77.0 Å². The predicted molar refractivity (Wildman–Crippen MR) is 135 cm³/mol. The second kappa shape index (κ2) is 9.50. The monoisotopic (exact) mass is 502 g/mol. The lowest BCUT2D eigenvalue weighted by Gasteiger charge is -2.25. The Morgan fingerprint density at radius 3 is 2.38 bits per heavy atom. The Balaban J connectivity index is 1.74. The first-order chi connectivity index (χ1) is 17.9. The molecule has 1 saturated heterocycles. The number of benzene rings is 2. The van der Waals surface area contributed by atoms with Crippen LogP contribution in [0.1, 0.15) is 29.7 Å². The zero-order valence-corrected chi connectivity index (χ0v) is 20.8. The summed E-state index contributed by atoms with van der Waals surface area (Å²) in [7, 11) is 4.44. The molecule has 3 aromatic rings. The van der Waals surface area contributed by atoms with E-state index in [-0.39, 0.29) is 23.3 Å². The average molecular weight is 503 g/mol. The predicted octanol–water partition coefficient (Wildman–Crippen LogP) is 4.06. The molecule has 9 heteroatoms. The van der Waals surface area contributed by atoms with Crippen molar-refractivity contribution in [2.45, 2.75) is 25.5 Å². The highest BCUT2D eigenvalue weighted by Gasteiger charge is 2.48. The van der Waals surface area contributed by atoms with Gasteiger partial charge in [0, 0.05) is 18.2 Å². The summed E-state index contributed by atoms with van der Waals surface area (Å²) in [6, 6.07) is 12.6. The van der Waals surface area contributed by atoms with Crippen LogP contribution in [0.5, 0.6) is 23.0 Å². The lowest BCUT2D eigenvalue weighted by Crippen LogP contribution is -2.30. The number of Topliss-reactive ketones (excluding diaryl/α,β-unsaturated/α-hetero) is 1. The van der Waals surface area contributed by atoms with Crippen molar-refractivity contribution in [1.29, 1.82) is 0 Å². The topological polar surface area (TPSA) is 107 Å². The summed E-state index contributed by atoms with van der Waals surface area (Å²) in [6.07, 6.45) is 2.22. The summed E-state index contributed by atoms with van der Waals surface area (Å²) >= 11 is 0. The first kappa shape index (κ1) is 24.2. The van der Waals surface area contributed by atoms with Gasteiger partial charge in [0.2, 0.25) is 5.75 Å². The van der Waals surface area contributed by atoms with Gasteiger partial charge in [-0.3, -0.25) is 14.5 Å². The molecule has 0 bridgehead atoms. The molecule has 2 aliphatic heterocycles. The molecule has 5 rings (SSSR count). The number of hydrogen-bond acceptors (Lipinski definition) is 8. The second-order valence-corrected chi connectivity index (χ2v) is 8.77. The van der Waals surface area contributed by atoms with Gasteiger partial charge >= 0.3 is 5.91 Å². The molecule has 190 valence electrons. The first-order valence-corrected chi connectivity index (χ1v) is 11.7. The van der Waals surface area contributed by atoms with Gasteiger partial charge < -0.3 is 24.1 Å². The third-order valence-electron chi connectivity index (χ3n) is 6.51. The molecule has 3 heterocycles. The number of pyridine rings is 1. The summed E-state index contributed by atoms with van der Waals surface area (Å²) in [5, 5.41) is 11.5. The minimum Gasteiger partial charge on any atom is -0.507 e. The van der Waals surface area contributed by atoms with Gasteiger partial charge in [-0.15, -0.1) is 0 Å². The van der Waals surface area contributed by atoms with Crippen molar-refractivity contribution in [2.24, 2.45) is 0 Å². The van der Waals surface area contributed by atoms with Crippen LogP contribution in [0.25, 0.3) is 5.76 Å². The minimum atomic E-state index is -1.01. The summed E-state index contributed by atoms with van der Waals surface area (Å²) in [4.78, 5) is 32.4. The van der Waals surface area contributed by atoms with Crippen LogP contribution in [0, 0.1) is 0 Å². The van der Waals surface area contributed by atoms with E-state index in [1.165, 1.54) is 32.4 Å². The van der Waals surface area contributed by atoms with Crippen molar-refractivity contribution in [3.63, 3.8) is 0 Å². The molecule has 2 atom stereocenters. The van der Waals surface area contributed by atoms with Gasteiger partial charge in [0.05, 0.1) is 32.9 Å². The Hall–Kier alpha value is -4.53. The van der Waals surface area contributed by atoms with E-state index in [4.69, 9.17) is 18.9 Å². The lowest BCUT2D eigenvalue weighted by molar-refractivity contribution is -0.132. The molecule has 1 N–H and O–H groups in total. The maximum absolute atomic E-state index is 13.5. The van der Waals surface area contributed by atoms with E-state index in [9.17, 15) is 14.7 Å². The van der Waals surface area contributed by atoms with Gasteiger partial charge in [0.25, 0.3) is 5.78 Å². The number of aliphatic hydroxyl groups excluding tert-OH is 1. The molecule has 1 amide bonds. The largest absolute Gasteiger partial charge is 0.507 e. The number of aromatic nitrogens is 1. The van der Waals surface area contributed by atoms with Crippen molar-refractivity contribution >= 4 is 23.3 Å². The molecular weight excluding hydrogens is 476 g/mol. The second-order valence-electron chi connectivity index (χ2n) is 8.77. The number of aliphatic hydroxyl groups is 1. The molecule has 9 nitrogen and oxygen atoms in total. The van der Waals surface area contributed by atoms with E-state index >= 15 is 0 Å². The van der Waals surface area contributed by atoms with E-state index in [1.807, 2.05) is 6.92 Å². The minimum absolute atomic E-state index is 0.0151. The molecule has 2 aromatic carbocycles. The quantitative estimate of drug-likeness (QED) is 0.306. The zero-order chi connectivity index (χ0) is 26.3. The maximum Gasteiger partial charge on any atom is 0.301 e. The van der Waals surface area contributed by atoms with Gasteiger partial charge in [-0.1, -0.05) is 6.07 Å². The fourth-order valence-electron chi connectivity index (χ4n) is 4.86. The summed E-state index contributed by atoms with van der Waals surface area (Å²) in [6.45, 7) is 1.96. The smallest absolute Gasteiger partial charge is 0.301 e. The van der Waals surface area contributed by atoms with E-state index in [1.54, 1.807) is 48.5 Å². The molecule has 0 radical (unpaired) electrons. The van der Waals surface area contributed by atoms with Crippen molar-refractivity contribution in [3.8, 4) is 23.0 Å². The first-order valence-electron chi connectivity index (χ1n) is 11.7. The normalized spacial score (nSPS) is 19.9. The lowest BCUT2D eigenvalue weighted by atomic mass is 9.94. The summed E-state index contributed by atoms with van der Waals surface area (Å²) < 4.78 is 22.2. The number of fused-ring (bicyclic) bond motifs is 1. The van der Waals surface area contributed by atoms with Gasteiger partial charge in [-0.25, -0.2) is 4.98 Å². The maximum atomic E-state index is 13.5. The van der Waals surface area contributed by atoms with Crippen LogP contribution < -0.4 is 23.8 Å². The summed E-state index contributed by atoms with van der Waals surface area (Å²) in [5.74, 6) is 0.107. The van der Waals surface area contributed by atoms with Gasteiger partial charge in [0.1, 0.15) is 23.4 Å². The number of methoxy groups -OCH3 is 3. The Morgan fingerprint density at radius 2 is 1.76 bits per heavy atom. The SMILES string of the molecule is COc1cc(C2/C(=C(\O)c3ccc4c(c3)CC(C)O4)C(=O)C(=O)N2c2ccccn2)cc(OC)c1OC. The van der Waals surface area contributed by atoms with Crippen LogP contribution in [0.2, 0.25) is 0 Å². The molecule has 2 aliphatic rings. The average Bonchev–Trinajstić information content (AvgIpc) is 3.42. The van der Waals surface area contributed by atoms with Gasteiger partial charge in [0.15, 0.2) is 11.5 Å². The van der Waals surface area contributed by atoms with Crippen molar-refractivity contribution in [1.82, 2.24) is 4.98 Å². The Labute approximate surface area is 213 Å². The highest BCUT2D eigenvalue weighted by Crippen LogP contribution is 2.47. The van der Waals surface area contributed by atoms with Gasteiger partial charge in [-0.2, -0.15) is 0 Å². The standard InChI is InChI=1S/C28H26N2O7/c1-15-11-17-12-16(8-9-19(17)37-15)25(31)23-24(18-13-20(34-2)27(36-4)21(14-18)35-3)30(28(33)26(23)32)22-7-5-6-10-29-22/h5-10,12-15,24,31H,11H2,1-4H3/b25-23+. The number of ether oxygens (including phenoxy) is 4. The van der Waals surface area contributed by atoms with Gasteiger partial charge in [-0.05, 0) is 60.5 Å². The Morgan fingerprint density at radius 1 is 1.03 bits per heavy atom. The zero-order valence-electron chi connectivity index (χ0n) is 20.8. The van der Waals surface area contributed by atoms with Crippen molar-refractivity contribution in [2.75, 3.05) is 26.2 Å². The van der Waals surface area contributed by atoms with E-state index in [0.717, 1.165) is 11.3 Å². The fraction of sp³-hybridized carbons (Fsp3) is 0.250. The molecule has 0 aliphatic carbocycles. The number of anilines is 1. The molecular formula is C28H26N2O7. The van der Waals surface area contributed by atoms with Crippen LogP contribution in [0.15, 0.2) is 60.3 Å². The number of carbonyl (C=O) groups excluding carboxylic acids is 2. The van der Waals surface area contributed by atoms with Crippen LogP contribution in [-0.2, 0) is 16.0 Å². The van der Waals surface area contributed by atoms with Crippen LogP contribution in [-0.4, -0.2) is 49.2 Å². The molecule has 0 spiro atoms. The third-order valence-corrected chi connectivity index (χ3v) is 6.51. The highest BCUT2D eigenvalue weighted by molar-refractivity contribution is 6.51. The number of rotatable bonds is 6. The fourth-order valence-corrected chi connectivity index (χ4v) is 4.86. The molecule has 0 saturated carbocycles. The van der Waals surface area contributed by atoms with Crippen LogP contribution in [0.3, 0.4) is 0 Å². The number of nitrogens with zero attached hydrogens (tertiary/aromatic N) is 2. The van der Waals surface area contributed by atoms with E-state index in [0.29, 0.717) is 34.8 Å². The molecule has 2 unspecified atom stereocenters. The molecule has 37 heavy (non-hydrogen) atoms. The number of amides is 1. The van der Waals surface area contributed by atoms with Crippen LogP contribution in [0.4, 0.5) is 5.82 Å². The Bertz CT molecular complexity index is 1390. The van der Waals surface area contributed by atoms with E-state index < -0.39 is 17.7 Å². The molecule has 1 aromatic heterocycles. The van der Waals surface area contributed by atoms with Crippen molar-refractivity contribution < 1.29 is 33.6 Å². The third kappa shape index (κ3) is 4.02. The van der Waals surface area contributed by atoms with E-state index in [2.05, 4.69) is 4.98 Å². The summed E-state index contributed by atoms with van der Waals surface area (Å²) in [5.41, 5.74) is 1.73. The number of carbonyl (C=O) groups is 2. The van der Waals surface area contributed by atoms with Crippen LogP contribution >= 0.6 is 0 Å². The molecule has 1 fully saturated rings. The number of ketones is 1. The Kier molecular flexibility index (Phi) is 6.20. The highest BCUT2D eigenvalue weighted by atomic mass is 16.5. The number of hydrogen-bond donors (Lipinski definition) is 1.